The first-order valence-corrected chi connectivity index (χ1v) is 18.1. The Morgan fingerprint density at radius 2 is 1.05 bits per heavy atom. The average molecular weight is 627 g/mol. The summed E-state index contributed by atoms with van der Waals surface area (Å²) in [6.45, 7) is 6.53. The van der Waals surface area contributed by atoms with Crippen molar-refractivity contribution in [1.29, 1.82) is 0 Å². The van der Waals surface area contributed by atoms with E-state index in [0.29, 0.717) is 17.6 Å². The molecule has 0 bridgehead atoms. The smallest absolute Gasteiger partial charge is 0.226 e. The Morgan fingerprint density at radius 3 is 1.48 bits per heavy atom. The lowest BCUT2D eigenvalue weighted by atomic mass is 10.0. The third-order valence-electron chi connectivity index (χ3n) is 9.31. The molecule has 5 heteroatoms. The first-order chi connectivity index (χ1) is 21.3. The number of rotatable bonds is 26. The summed E-state index contributed by atoms with van der Waals surface area (Å²) in [5.74, 6) is 0.288. The maximum atomic E-state index is 12.7. The van der Waals surface area contributed by atoms with Crippen LogP contribution in [0.2, 0.25) is 0 Å². The van der Waals surface area contributed by atoms with Crippen LogP contribution < -0.4 is 16.9 Å². The number of halogens is 1. The van der Waals surface area contributed by atoms with Gasteiger partial charge in [-0.25, -0.2) is 4.48 Å². The van der Waals surface area contributed by atoms with E-state index >= 15 is 0 Å². The molecule has 1 saturated heterocycles. The highest BCUT2D eigenvalue weighted by atomic mass is 35.5. The minimum Gasteiger partial charge on any atom is -1.00 e. The standard InChI is InChI=1S/C39H63N2O2.ClH/c1-2-3-4-5-6-7-8-9-10-11-12-13-14-15-16-24-34-43-35-25-23-33-41(37-27-19-17-20-28-37,38-29-21-18-22-30-38)36-40-32-26-31-39(40)42;/h17-22,27-30H,2-16,23-26,31-36H2,1H3;1H/q+1;/p-1. The lowest BCUT2D eigenvalue weighted by Gasteiger charge is -2.40. The van der Waals surface area contributed by atoms with E-state index in [-0.39, 0.29) is 18.3 Å². The van der Waals surface area contributed by atoms with Gasteiger partial charge in [0.1, 0.15) is 11.4 Å². The van der Waals surface area contributed by atoms with Gasteiger partial charge in [-0.2, -0.15) is 0 Å². The van der Waals surface area contributed by atoms with Crippen LogP contribution in [0.15, 0.2) is 60.7 Å². The molecule has 0 radical (unpaired) electrons. The first kappa shape index (κ1) is 38.3. The van der Waals surface area contributed by atoms with Crippen molar-refractivity contribution in [1.82, 2.24) is 9.38 Å². The van der Waals surface area contributed by atoms with Gasteiger partial charge < -0.3 is 17.1 Å². The summed E-state index contributed by atoms with van der Waals surface area (Å²) < 4.78 is 6.75. The van der Waals surface area contributed by atoms with Gasteiger partial charge in [0.05, 0.1) is 6.54 Å². The fraction of sp³-hybridized carbons (Fsp3) is 0.667. The van der Waals surface area contributed by atoms with Crippen molar-refractivity contribution in [2.45, 2.75) is 135 Å². The van der Waals surface area contributed by atoms with Crippen LogP contribution >= 0.6 is 0 Å². The van der Waals surface area contributed by atoms with Crippen LogP contribution in [0.4, 0.5) is 11.4 Å². The molecule has 1 aliphatic heterocycles. The van der Waals surface area contributed by atoms with Crippen LogP contribution in [-0.2, 0) is 9.53 Å². The highest BCUT2D eigenvalue weighted by Gasteiger charge is 2.37. The second-order valence-electron chi connectivity index (χ2n) is 12.9. The van der Waals surface area contributed by atoms with Crippen LogP contribution in [-0.4, -0.2) is 43.8 Å². The third-order valence-corrected chi connectivity index (χ3v) is 9.31. The number of benzene rings is 2. The molecule has 0 saturated carbocycles. The minimum atomic E-state index is 0. The predicted molar refractivity (Wildman–Crippen MR) is 185 cm³/mol. The summed E-state index contributed by atoms with van der Waals surface area (Å²) in [6, 6.07) is 21.5. The molecule has 248 valence electrons. The highest BCUT2D eigenvalue weighted by molar-refractivity contribution is 5.78. The topological polar surface area (TPSA) is 29.5 Å². The molecule has 0 N–H and O–H groups in total. The molecule has 0 spiro atoms. The SMILES string of the molecule is CCCCCCCCCCCCCCCCCCOCCCC[N+](CN1CCCC1=O)(c1ccccc1)c1ccccc1.[Cl-]. The number of amides is 1. The molecule has 1 amide bonds. The summed E-state index contributed by atoms with van der Waals surface area (Å²) >= 11 is 0. The van der Waals surface area contributed by atoms with Gasteiger partial charge in [-0.1, -0.05) is 140 Å². The van der Waals surface area contributed by atoms with E-state index in [4.69, 9.17) is 4.74 Å². The first-order valence-electron chi connectivity index (χ1n) is 18.1. The van der Waals surface area contributed by atoms with Crippen molar-refractivity contribution < 1.29 is 21.9 Å². The van der Waals surface area contributed by atoms with Crippen molar-refractivity contribution in [2.24, 2.45) is 0 Å². The summed E-state index contributed by atoms with van der Waals surface area (Å²) in [5, 5.41) is 0. The van der Waals surface area contributed by atoms with Gasteiger partial charge in [0.15, 0.2) is 6.67 Å². The number of quaternary nitrogens is 1. The van der Waals surface area contributed by atoms with Crippen molar-refractivity contribution in [3.8, 4) is 0 Å². The van der Waals surface area contributed by atoms with Gasteiger partial charge in [-0.05, 0) is 49.9 Å². The lowest BCUT2D eigenvalue weighted by molar-refractivity contribution is -0.129. The van der Waals surface area contributed by atoms with E-state index in [0.717, 1.165) is 45.6 Å². The van der Waals surface area contributed by atoms with Crippen molar-refractivity contribution in [3.63, 3.8) is 0 Å². The maximum Gasteiger partial charge on any atom is 0.226 e. The summed E-state index contributed by atoms with van der Waals surface area (Å²) in [7, 11) is 0. The quantitative estimate of drug-likeness (QED) is 0.0783. The van der Waals surface area contributed by atoms with E-state index in [2.05, 4.69) is 72.5 Å². The van der Waals surface area contributed by atoms with E-state index < -0.39 is 0 Å². The lowest BCUT2D eigenvalue weighted by Crippen LogP contribution is -3.00. The molecule has 4 nitrogen and oxygen atoms in total. The second kappa shape index (κ2) is 24.4. The van der Waals surface area contributed by atoms with Crippen LogP contribution in [0.5, 0.6) is 0 Å². The zero-order valence-corrected chi connectivity index (χ0v) is 28.8. The average Bonchev–Trinajstić information content (AvgIpc) is 3.45. The molecular formula is C39H63ClN2O2. The number of para-hydroxylation sites is 2. The van der Waals surface area contributed by atoms with Crippen molar-refractivity contribution in [3.05, 3.63) is 60.7 Å². The molecular weight excluding hydrogens is 564 g/mol. The number of carbonyl (C=O) groups excluding carboxylic acids is 1. The molecule has 1 fully saturated rings. The minimum absolute atomic E-state index is 0. The van der Waals surface area contributed by atoms with Crippen LogP contribution in [0, 0.1) is 0 Å². The van der Waals surface area contributed by atoms with Crippen LogP contribution in [0.1, 0.15) is 135 Å². The Balaban J connectivity index is 0.00000675. The monoisotopic (exact) mass is 626 g/mol. The van der Waals surface area contributed by atoms with Crippen molar-refractivity contribution in [2.75, 3.05) is 33.0 Å². The Hall–Kier alpha value is -1.88. The third kappa shape index (κ3) is 14.5. The Labute approximate surface area is 276 Å². The molecule has 0 aromatic heterocycles. The van der Waals surface area contributed by atoms with Gasteiger partial charge in [-0.3, -0.25) is 9.69 Å². The number of hydrogen-bond donors (Lipinski definition) is 0. The fourth-order valence-corrected chi connectivity index (χ4v) is 6.65. The van der Waals surface area contributed by atoms with Gasteiger partial charge in [0, 0.05) is 26.2 Å². The number of ether oxygens (including phenoxy) is 1. The molecule has 3 rings (SSSR count). The van der Waals surface area contributed by atoms with E-state index in [1.807, 2.05) is 0 Å². The molecule has 0 aliphatic carbocycles. The molecule has 1 heterocycles. The van der Waals surface area contributed by atoms with Gasteiger partial charge in [0.2, 0.25) is 5.91 Å². The zero-order valence-electron chi connectivity index (χ0n) is 28.0. The van der Waals surface area contributed by atoms with Gasteiger partial charge >= 0.3 is 0 Å². The summed E-state index contributed by atoms with van der Waals surface area (Å²) in [4.78, 5) is 14.8. The summed E-state index contributed by atoms with van der Waals surface area (Å²) in [5.41, 5.74) is 2.50. The molecule has 2 aromatic carbocycles. The van der Waals surface area contributed by atoms with Crippen LogP contribution in [0.25, 0.3) is 0 Å². The van der Waals surface area contributed by atoms with Gasteiger partial charge in [-0.15, -0.1) is 0 Å². The molecule has 0 unspecified atom stereocenters. The van der Waals surface area contributed by atoms with E-state index in [1.54, 1.807) is 0 Å². The van der Waals surface area contributed by atoms with Gasteiger partial charge in [0.25, 0.3) is 0 Å². The van der Waals surface area contributed by atoms with E-state index in [9.17, 15) is 4.79 Å². The normalized spacial score (nSPS) is 13.4. The Morgan fingerprint density at radius 1 is 0.614 bits per heavy atom. The second-order valence-corrected chi connectivity index (χ2v) is 12.9. The molecule has 0 atom stereocenters. The largest absolute Gasteiger partial charge is 1.00 e. The Kier molecular flexibility index (Phi) is 21.2. The van der Waals surface area contributed by atoms with Crippen molar-refractivity contribution >= 4 is 17.3 Å². The summed E-state index contributed by atoms with van der Waals surface area (Å²) in [6.07, 6.45) is 26.1. The molecule has 2 aromatic rings. The van der Waals surface area contributed by atoms with Crippen LogP contribution in [0.3, 0.4) is 0 Å². The fourth-order valence-electron chi connectivity index (χ4n) is 6.65. The highest BCUT2D eigenvalue weighted by Crippen LogP contribution is 2.36. The number of unbranched alkanes of at least 4 members (excludes halogenated alkanes) is 16. The predicted octanol–water partition coefficient (Wildman–Crippen LogP) is 7.97. The van der Waals surface area contributed by atoms with E-state index in [1.165, 1.54) is 114 Å². The maximum absolute atomic E-state index is 12.7. The molecule has 1 aliphatic rings. The zero-order chi connectivity index (χ0) is 30.3. The number of carbonyl (C=O) groups is 1. The number of hydrogen-bond acceptors (Lipinski definition) is 2. The Bertz CT molecular complexity index is 916. The number of nitrogens with zero attached hydrogens (tertiary/aromatic N) is 2. The number of likely N-dealkylation sites (tertiary alicyclic amines) is 1. The molecule has 44 heavy (non-hydrogen) atoms.